The number of hydrogen-bond donors (Lipinski definition) is 16. The molecule has 494 valence electrons. The Hall–Kier alpha value is -1.79. The SMILES string of the molecule is C[C@@H]1O[C@@H](O[C@H]2[C@H](O)[C@@H](O)[C@H](OC[C@H]3O[C@@H](OC(=O)[C@]45CCC(C)(C)C[C@H]4C4=CCC6[C@@]7(C)CC[C@H](O[C@@H]8OC[C@H](O)[C@H](O)[C@H]8O[C@@H]8O[C@H](CO)[C@@H](O)[C@H](O)[C@H]8O)[C@@](C)(CO)C7CC[C@@]6(C)[C@]4(C)CC5)[C@H](O)[C@@H](O)[C@@H]3O)O[C@@H]2CO)[C@H](O)[C@H](O)[C@H]1O. The van der Waals surface area contributed by atoms with Crippen LogP contribution in [0.5, 0.6) is 0 Å². The zero-order valence-corrected chi connectivity index (χ0v) is 50.0. The molecule has 2 unspecified atom stereocenters. The molecule has 10 aliphatic rings. The highest BCUT2D eigenvalue weighted by atomic mass is 16.8. The highest BCUT2D eigenvalue weighted by molar-refractivity contribution is 5.79. The molecule has 9 fully saturated rings. The molecule has 5 aliphatic carbocycles. The molecule has 0 bridgehead atoms. The van der Waals surface area contributed by atoms with Crippen molar-refractivity contribution < 1.29 is 134 Å². The van der Waals surface area contributed by atoms with Crippen LogP contribution in [0.4, 0.5) is 0 Å². The van der Waals surface area contributed by atoms with Gasteiger partial charge in [0.2, 0.25) is 6.29 Å². The summed E-state index contributed by atoms with van der Waals surface area (Å²) >= 11 is 0. The topological polar surface area (TPSA) is 433 Å². The third-order valence-corrected chi connectivity index (χ3v) is 23.2. The number of esters is 1. The number of fused-ring (bicyclic) bond motifs is 7. The van der Waals surface area contributed by atoms with Crippen molar-refractivity contribution in [2.24, 2.45) is 50.2 Å². The van der Waals surface area contributed by atoms with Crippen LogP contribution in [0.2, 0.25) is 0 Å². The minimum Gasteiger partial charge on any atom is -0.432 e. The molecule has 10 rings (SSSR count). The van der Waals surface area contributed by atoms with Crippen LogP contribution in [0.1, 0.15) is 113 Å². The van der Waals surface area contributed by atoms with Gasteiger partial charge in [0.15, 0.2) is 25.2 Å². The first-order valence-corrected chi connectivity index (χ1v) is 30.8. The molecule has 0 aromatic heterocycles. The van der Waals surface area contributed by atoms with E-state index in [1.165, 1.54) is 12.5 Å². The molecule has 86 heavy (non-hydrogen) atoms. The Kier molecular flexibility index (Phi) is 19.4. The maximum absolute atomic E-state index is 15.2. The molecule has 33 atom stereocenters. The average Bonchev–Trinajstić information content (AvgIpc) is 0.679. The van der Waals surface area contributed by atoms with Crippen molar-refractivity contribution >= 4 is 5.97 Å². The fraction of sp³-hybridized carbons (Fsp3) is 0.949. The first-order valence-electron chi connectivity index (χ1n) is 30.8. The summed E-state index contributed by atoms with van der Waals surface area (Å²) in [7, 11) is 0. The van der Waals surface area contributed by atoms with Gasteiger partial charge in [0.05, 0.1) is 50.7 Å². The average molecular weight is 1240 g/mol. The van der Waals surface area contributed by atoms with Gasteiger partial charge in [0.1, 0.15) is 110 Å². The summed E-state index contributed by atoms with van der Waals surface area (Å²) in [5.74, 6) is -0.933. The summed E-state index contributed by atoms with van der Waals surface area (Å²) < 4.78 is 59.2. The lowest BCUT2D eigenvalue weighted by Crippen LogP contribution is -2.67. The van der Waals surface area contributed by atoms with Crippen molar-refractivity contribution in [2.45, 2.75) is 266 Å². The van der Waals surface area contributed by atoms with Gasteiger partial charge >= 0.3 is 5.97 Å². The van der Waals surface area contributed by atoms with E-state index in [1.807, 2.05) is 6.92 Å². The van der Waals surface area contributed by atoms with Gasteiger partial charge in [-0.25, -0.2) is 0 Å². The van der Waals surface area contributed by atoms with Crippen molar-refractivity contribution in [1.29, 1.82) is 0 Å². The fourth-order valence-corrected chi connectivity index (χ4v) is 17.6. The minimum atomic E-state index is -1.91. The van der Waals surface area contributed by atoms with Crippen LogP contribution >= 0.6 is 0 Å². The number of rotatable bonds is 14. The number of aliphatic hydroxyl groups excluding tert-OH is 16. The molecule has 16 N–H and O–H groups in total. The zero-order chi connectivity index (χ0) is 62.7. The van der Waals surface area contributed by atoms with E-state index in [1.54, 1.807) is 0 Å². The molecular formula is C59H96O27. The summed E-state index contributed by atoms with van der Waals surface area (Å²) in [6, 6.07) is 0. The number of carbonyl (C=O) groups is 1. The van der Waals surface area contributed by atoms with Crippen molar-refractivity contribution in [3.8, 4) is 0 Å². The van der Waals surface area contributed by atoms with E-state index in [0.29, 0.717) is 57.8 Å². The van der Waals surface area contributed by atoms with E-state index in [9.17, 15) is 81.7 Å². The summed E-state index contributed by atoms with van der Waals surface area (Å²) in [6.45, 7) is 12.0. The lowest BCUT2D eigenvalue weighted by atomic mass is 9.33. The molecule has 4 saturated carbocycles. The highest BCUT2D eigenvalue weighted by Gasteiger charge is 2.71. The maximum Gasteiger partial charge on any atom is 0.315 e. The Bertz CT molecular complexity index is 2380. The van der Waals surface area contributed by atoms with Crippen LogP contribution < -0.4 is 0 Å². The highest BCUT2D eigenvalue weighted by Crippen LogP contribution is 2.76. The lowest BCUT2D eigenvalue weighted by Gasteiger charge is -2.71. The van der Waals surface area contributed by atoms with Crippen molar-refractivity contribution in [3.05, 3.63) is 11.6 Å². The molecular weight excluding hydrogens is 1140 g/mol. The van der Waals surface area contributed by atoms with E-state index in [4.69, 9.17) is 47.4 Å². The summed E-state index contributed by atoms with van der Waals surface area (Å²) in [5, 5.41) is 172. The van der Waals surface area contributed by atoms with Crippen LogP contribution in [0.3, 0.4) is 0 Å². The Balaban J connectivity index is 0.833. The standard InChI is InChI=1S/C59H96O27/c1-24-34(64)38(68)42(72)49(79-24)84-46-29(20-61)81-48(45(75)41(46)71)78-22-30-37(67)40(70)44(74)51(82-30)86-53(76)59-16-14-54(2,3)18-26(59)25-8-9-32-55(4)12-11-33(56(5,23-62)31(55)10-13-58(32,7)57(25,6)15-17-59)83-52-47(35(65)27(63)21-77-52)85-50-43(73)39(69)36(66)28(19-60)80-50/h8,24,26-52,60-75H,9-23H2,1-7H3/t24-,26-,27-,28+,29+,30+,31?,32?,33-,34-,35-,36+,37+,38+,39-,40-,41+,42+,43+,44+,45+,46+,47+,48+,49-,50-,51-,52-,55-,56-,57+,58+,59-/m0/s1. The summed E-state index contributed by atoms with van der Waals surface area (Å²) in [4.78, 5) is 15.2. The molecule has 27 nitrogen and oxygen atoms in total. The molecule has 0 radical (unpaired) electrons. The van der Waals surface area contributed by atoms with Gasteiger partial charge in [-0.1, -0.05) is 53.2 Å². The molecule has 0 aromatic carbocycles. The van der Waals surface area contributed by atoms with E-state index in [2.05, 4.69) is 40.7 Å². The van der Waals surface area contributed by atoms with Gasteiger partial charge in [0, 0.05) is 5.41 Å². The van der Waals surface area contributed by atoms with Crippen molar-refractivity contribution in [1.82, 2.24) is 0 Å². The van der Waals surface area contributed by atoms with Crippen molar-refractivity contribution in [3.63, 3.8) is 0 Å². The summed E-state index contributed by atoms with van der Waals surface area (Å²) in [6.07, 6.45) is -31.2. The number of hydrogen-bond acceptors (Lipinski definition) is 27. The van der Waals surface area contributed by atoms with E-state index < -0.39 is 196 Å². The first kappa shape index (κ1) is 67.1. The molecule has 0 spiro atoms. The van der Waals surface area contributed by atoms with E-state index in [-0.39, 0.29) is 47.2 Å². The number of carbonyl (C=O) groups excluding carboxylic acids is 1. The number of ether oxygens (including phenoxy) is 10. The van der Waals surface area contributed by atoms with Gasteiger partial charge < -0.3 is 129 Å². The van der Waals surface area contributed by atoms with Gasteiger partial charge in [-0.3, -0.25) is 4.79 Å². The van der Waals surface area contributed by atoms with Gasteiger partial charge in [-0.15, -0.1) is 0 Å². The number of allylic oxidation sites excluding steroid dienone is 2. The normalized spacial score (nSPS) is 54.8. The first-order chi connectivity index (χ1) is 40.4. The molecule has 27 heteroatoms. The predicted octanol–water partition coefficient (Wildman–Crippen LogP) is -3.57. The second-order valence-corrected chi connectivity index (χ2v) is 28.5. The Morgan fingerprint density at radius 1 is 0.558 bits per heavy atom. The van der Waals surface area contributed by atoms with Crippen LogP contribution in [0.25, 0.3) is 0 Å². The molecule has 0 aromatic rings. The Labute approximate surface area is 499 Å². The zero-order valence-electron chi connectivity index (χ0n) is 50.0. The molecule has 5 aliphatic heterocycles. The van der Waals surface area contributed by atoms with E-state index in [0.717, 1.165) is 6.42 Å². The third kappa shape index (κ3) is 11.2. The monoisotopic (exact) mass is 1240 g/mol. The lowest BCUT2D eigenvalue weighted by molar-refractivity contribution is -0.368. The minimum absolute atomic E-state index is 0.0953. The van der Waals surface area contributed by atoms with Crippen LogP contribution in [-0.2, 0) is 52.2 Å². The second kappa shape index (κ2) is 24.9. The summed E-state index contributed by atoms with van der Waals surface area (Å²) in [5.41, 5.74) is -2.06. The largest absolute Gasteiger partial charge is 0.432 e. The maximum atomic E-state index is 15.2. The van der Waals surface area contributed by atoms with Crippen molar-refractivity contribution in [2.75, 3.05) is 33.0 Å². The Morgan fingerprint density at radius 2 is 1.14 bits per heavy atom. The fourth-order valence-electron chi connectivity index (χ4n) is 17.6. The van der Waals surface area contributed by atoms with Gasteiger partial charge in [-0.05, 0) is 111 Å². The van der Waals surface area contributed by atoms with Gasteiger partial charge in [-0.2, -0.15) is 0 Å². The van der Waals surface area contributed by atoms with Gasteiger partial charge in [0.25, 0.3) is 0 Å². The third-order valence-electron chi connectivity index (χ3n) is 23.2. The molecule has 5 heterocycles. The second-order valence-electron chi connectivity index (χ2n) is 28.5. The quantitative estimate of drug-likeness (QED) is 0.0454. The molecule has 0 amide bonds. The van der Waals surface area contributed by atoms with E-state index >= 15 is 4.79 Å². The van der Waals surface area contributed by atoms with Crippen LogP contribution in [0.15, 0.2) is 11.6 Å². The number of aliphatic hydroxyl groups is 16. The van der Waals surface area contributed by atoms with Crippen LogP contribution in [0, 0.1) is 50.2 Å². The Morgan fingerprint density at radius 3 is 1.80 bits per heavy atom. The van der Waals surface area contributed by atoms with Crippen LogP contribution in [-0.4, -0.2) is 274 Å². The predicted molar refractivity (Wildman–Crippen MR) is 289 cm³/mol. The smallest absolute Gasteiger partial charge is 0.315 e. The molecule has 5 saturated heterocycles.